The Bertz CT molecular complexity index is 343. The molecular formula is C12H19F3N2O3. The van der Waals surface area contributed by atoms with Gasteiger partial charge in [0.15, 0.2) is 6.10 Å². The normalized spacial score (nSPS) is 29.8. The molecule has 2 fully saturated rings. The van der Waals surface area contributed by atoms with Crippen molar-refractivity contribution < 1.29 is 27.8 Å². The molecule has 2 heterocycles. The molecule has 0 aromatic carbocycles. The van der Waals surface area contributed by atoms with Crippen LogP contribution in [0.4, 0.5) is 13.2 Å². The van der Waals surface area contributed by atoms with Gasteiger partial charge in [0.1, 0.15) is 0 Å². The lowest BCUT2D eigenvalue weighted by Crippen LogP contribution is -2.50. The summed E-state index contributed by atoms with van der Waals surface area (Å²) in [6, 6.07) is 0. The highest BCUT2D eigenvalue weighted by Gasteiger charge is 2.34. The number of carbonyl (C=O) groups is 1. The average Bonchev–Trinajstić information content (AvgIpc) is 2.78. The van der Waals surface area contributed by atoms with Gasteiger partial charge in [0.05, 0.1) is 12.6 Å². The molecule has 5 nitrogen and oxygen atoms in total. The SMILES string of the molecule is O=C(O)C1CCC(CN2CCN(CC(F)(F)F)CC2)O1. The van der Waals surface area contributed by atoms with Crippen molar-refractivity contribution in [2.24, 2.45) is 0 Å². The van der Waals surface area contributed by atoms with Gasteiger partial charge in [0, 0.05) is 32.7 Å². The molecule has 116 valence electrons. The number of rotatable bonds is 4. The summed E-state index contributed by atoms with van der Waals surface area (Å²) in [4.78, 5) is 14.2. The van der Waals surface area contributed by atoms with Crippen LogP contribution < -0.4 is 0 Å². The Labute approximate surface area is 115 Å². The number of carboxylic acid groups (broad SMARTS) is 1. The molecule has 0 aromatic rings. The zero-order valence-corrected chi connectivity index (χ0v) is 11.1. The predicted octanol–water partition coefficient (Wildman–Crippen LogP) is 0.798. The van der Waals surface area contributed by atoms with Gasteiger partial charge in [-0.25, -0.2) is 4.79 Å². The van der Waals surface area contributed by atoms with E-state index in [4.69, 9.17) is 9.84 Å². The molecule has 0 saturated carbocycles. The monoisotopic (exact) mass is 296 g/mol. The second-order valence-corrected chi connectivity index (χ2v) is 5.35. The first kappa shape index (κ1) is 15.5. The Morgan fingerprint density at radius 1 is 1.15 bits per heavy atom. The van der Waals surface area contributed by atoms with E-state index in [0.29, 0.717) is 45.6 Å². The van der Waals surface area contributed by atoms with Crippen LogP contribution in [0.3, 0.4) is 0 Å². The summed E-state index contributed by atoms with van der Waals surface area (Å²) in [7, 11) is 0. The van der Waals surface area contributed by atoms with Crippen molar-refractivity contribution in [3.63, 3.8) is 0 Å². The van der Waals surface area contributed by atoms with E-state index in [1.165, 1.54) is 4.90 Å². The highest BCUT2D eigenvalue weighted by Crippen LogP contribution is 2.22. The number of hydrogen-bond acceptors (Lipinski definition) is 4. The molecular weight excluding hydrogens is 277 g/mol. The molecule has 2 unspecified atom stereocenters. The molecule has 0 spiro atoms. The number of carboxylic acids is 1. The highest BCUT2D eigenvalue weighted by atomic mass is 19.4. The second-order valence-electron chi connectivity index (χ2n) is 5.35. The average molecular weight is 296 g/mol. The predicted molar refractivity (Wildman–Crippen MR) is 64.5 cm³/mol. The molecule has 20 heavy (non-hydrogen) atoms. The molecule has 2 rings (SSSR count). The summed E-state index contributed by atoms with van der Waals surface area (Å²) >= 11 is 0. The van der Waals surface area contributed by atoms with Gasteiger partial charge >= 0.3 is 12.1 Å². The molecule has 2 saturated heterocycles. The largest absolute Gasteiger partial charge is 0.479 e. The molecule has 2 aliphatic heterocycles. The van der Waals surface area contributed by atoms with Crippen LogP contribution in [-0.4, -0.2) is 78.5 Å². The van der Waals surface area contributed by atoms with Crippen LogP contribution >= 0.6 is 0 Å². The topological polar surface area (TPSA) is 53.0 Å². The third-order valence-corrected chi connectivity index (χ3v) is 3.71. The van der Waals surface area contributed by atoms with E-state index in [9.17, 15) is 18.0 Å². The van der Waals surface area contributed by atoms with Crippen molar-refractivity contribution >= 4 is 5.97 Å². The van der Waals surface area contributed by atoms with E-state index in [-0.39, 0.29) is 6.10 Å². The third-order valence-electron chi connectivity index (χ3n) is 3.71. The van der Waals surface area contributed by atoms with E-state index in [1.54, 1.807) is 0 Å². The number of aliphatic carboxylic acids is 1. The molecule has 0 amide bonds. The quantitative estimate of drug-likeness (QED) is 0.831. The fraction of sp³-hybridized carbons (Fsp3) is 0.917. The smallest absolute Gasteiger partial charge is 0.401 e. The zero-order valence-electron chi connectivity index (χ0n) is 11.1. The van der Waals surface area contributed by atoms with Crippen molar-refractivity contribution in [1.82, 2.24) is 9.80 Å². The van der Waals surface area contributed by atoms with E-state index in [1.807, 2.05) is 4.90 Å². The molecule has 0 aromatic heterocycles. The lowest BCUT2D eigenvalue weighted by Gasteiger charge is -2.35. The number of nitrogens with zero attached hydrogens (tertiary/aromatic N) is 2. The van der Waals surface area contributed by atoms with Crippen molar-refractivity contribution in [2.75, 3.05) is 39.3 Å². The Morgan fingerprint density at radius 2 is 1.75 bits per heavy atom. The van der Waals surface area contributed by atoms with Crippen molar-refractivity contribution in [2.45, 2.75) is 31.2 Å². The van der Waals surface area contributed by atoms with Crippen molar-refractivity contribution in [3.05, 3.63) is 0 Å². The summed E-state index contributed by atoms with van der Waals surface area (Å²) in [6.45, 7) is 1.63. The van der Waals surface area contributed by atoms with Gasteiger partial charge in [0.2, 0.25) is 0 Å². The number of piperazine rings is 1. The minimum Gasteiger partial charge on any atom is -0.479 e. The van der Waals surface area contributed by atoms with E-state index in [0.717, 1.165) is 0 Å². The minimum absolute atomic E-state index is 0.120. The third kappa shape index (κ3) is 4.60. The fourth-order valence-corrected chi connectivity index (χ4v) is 2.69. The number of alkyl halides is 3. The molecule has 1 N–H and O–H groups in total. The maximum absolute atomic E-state index is 12.3. The standard InChI is InChI=1S/C12H19F3N2O3/c13-12(14,15)8-17-5-3-16(4-6-17)7-9-1-2-10(20-9)11(18)19/h9-10H,1-8H2,(H,18,19). The molecule has 8 heteroatoms. The Balaban J connectivity index is 1.69. The lowest BCUT2D eigenvalue weighted by atomic mass is 10.2. The van der Waals surface area contributed by atoms with Crippen LogP contribution in [-0.2, 0) is 9.53 Å². The first-order valence-electron chi connectivity index (χ1n) is 6.73. The number of halogens is 3. The van der Waals surface area contributed by atoms with E-state index in [2.05, 4.69) is 0 Å². The Kier molecular flexibility index (Phi) is 4.87. The van der Waals surface area contributed by atoms with Gasteiger partial charge in [-0.15, -0.1) is 0 Å². The Hall–Kier alpha value is -0.860. The van der Waals surface area contributed by atoms with Crippen LogP contribution in [0.25, 0.3) is 0 Å². The van der Waals surface area contributed by atoms with Crippen molar-refractivity contribution in [1.29, 1.82) is 0 Å². The van der Waals surface area contributed by atoms with Gasteiger partial charge in [-0.1, -0.05) is 0 Å². The summed E-state index contributed by atoms with van der Waals surface area (Å²) in [6.07, 6.45) is -3.80. The van der Waals surface area contributed by atoms with Crippen LogP contribution in [0.15, 0.2) is 0 Å². The molecule has 0 radical (unpaired) electrons. The van der Waals surface area contributed by atoms with Gasteiger partial charge in [-0.2, -0.15) is 13.2 Å². The van der Waals surface area contributed by atoms with E-state index < -0.39 is 24.8 Å². The first-order chi connectivity index (χ1) is 9.33. The fourth-order valence-electron chi connectivity index (χ4n) is 2.69. The van der Waals surface area contributed by atoms with Crippen LogP contribution in [0.1, 0.15) is 12.8 Å². The number of ether oxygens (including phenoxy) is 1. The summed E-state index contributed by atoms with van der Waals surface area (Å²) in [5, 5.41) is 8.83. The molecule has 0 bridgehead atoms. The molecule has 0 aliphatic carbocycles. The van der Waals surface area contributed by atoms with Gasteiger partial charge in [-0.05, 0) is 12.8 Å². The van der Waals surface area contributed by atoms with E-state index >= 15 is 0 Å². The minimum atomic E-state index is -4.15. The van der Waals surface area contributed by atoms with Gasteiger partial charge in [0.25, 0.3) is 0 Å². The summed E-state index contributed by atoms with van der Waals surface area (Å²) < 4.78 is 42.2. The summed E-state index contributed by atoms with van der Waals surface area (Å²) in [5.74, 6) is -0.942. The second kappa shape index (κ2) is 6.28. The van der Waals surface area contributed by atoms with Crippen molar-refractivity contribution in [3.8, 4) is 0 Å². The molecule has 2 aliphatic rings. The molecule has 2 atom stereocenters. The lowest BCUT2D eigenvalue weighted by molar-refractivity contribution is -0.151. The zero-order chi connectivity index (χ0) is 14.8. The first-order valence-corrected chi connectivity index (χ1v) is 6.73. The van der Waals surface area contributed by atoms with Gasteiger partial charge < -0.3 is 9.84 Å². The number of hydrogen-bond donors (Lipinski definition) is 1. The van der Waals surface area contributed by atoms with Crippen LogP contribution in [0, 0.1) is 0 Å². The van der Waals surface area contributed by atoms with Gasteiger partial charge in [-0.3, -0.25) is 9.80 Å². The van der Waals surface area contributed by atoms with Crippen LogP contribution in [0.2, 0.25) is 0 Å². The highest BCUT2D eigenvalue weighted by molar-refractivity contribution is 5.72. The maximum atomic E-state index is 12.3. The van der Waals surface area contributed by atoms with Crippen LogP contribution in [0.5, 0.6) is 0 Å². The summed E-state index contributed by atoms with van der Waals surface area (Å²) in [5.41, 5.74) is 0. The maximum Gasteiger partial charge on any atom is 0.401 e. The Morgan fingerprint density at radius 3 is 2.25 bits per heavy atom.